The van der Waals surface area contributed by atoms with Crippen LogP contribution in [0.25, 0.3) is 0 Å². The van der Waals surface area contributed by atoms with Gasteiger partial charge in [0.15, 0.2) is 0 Å². The number of unbranched alkanes of at least 4 members (excludes halogenated alkanes) is 5. The van der Waals surface area contributed by atoms with Crippen LogP contribution in [0.2, 0.25) is 5.02 Å². The number of benzene rings is 1. The van der Waals surface area contributed by atoms with Gasteiger partial charge >= 0.3 is 13.7 Å². The molecule has 0 amide bonds. The van der Waals surface area contributed by atoms with Crippen LogP contribution in [-0.4, -0.2) is 41.8 Å². The Balaban J connectivity index is 1.92. The Morgan fingerprint density at radius 3 is 2.34 bits per heavy atom. The molecule has 6 nitrogen and oxygen atoms in total. The van der Waals surface area contributed by atoms with Gasteiger partial charge in [0.25, 0.3) is 0 Å². The van der Waals surface area contributed by atoms with E-state index in [4.69, 9.17) is 26.1 Å². The molecule has 1 aromatic rings. The second-order valence-electron chi connectivity index (χ2n) is 8.83. The monoisotopic (exact) mass is 549 g/mol. The largest absolute Gasteiger partial charge is 0.639 e. The second-order valence-corrected chi connectivity index (χ2v) is 11.6. The van der Waals surface area contributed by atoms with E-state index in [1.54, 1.807) is 0 Å². The van der Waals surface area contributed by atoms with Gasteiger partial charge in [-0.05, 0) is 78.7 Å². The number of ether oxygens (including phenoxy) is 1. The highest BCUT2D eigenvalue weighted by Gasteiger charge is 2.34. The standard InChI is InChI=1S/C26H42ClO6PS/c1-3-11-23(24-13-15-25(27)16-14-24)17-21-35-20-9-7-5-4-6-8-12-22(2)31-18-10-19-32-34(30)26(28)33-29/h13-16,22-23H,3-12,17-21H2,1-2H3/p+1. The maximum atomic E-state index is 11.1. The molecule has 0 saturated carbocycles. The van der Waals surface area contributed by atoms with E-state index < -0.39 is 13.7 Å². The Bertz CT molecular complexity index is 691. The molecule has 1 rings (SSSR count). The summed E-state index contributed by atoms with van der Waals surface area (Å²) in [6, 6.07) is 8.38. The minimum Gasteiger partial charge on any atom is -0.378 e. The van der Waals surface area contributed by atoms with E-state index in [1.165, 1.54) is 68.4 Å². The quantitative estimate of drug-likeness (QED) is 0.0667. The minimum atomic E-state index is -2.63. The molecule has 0 bridgehead atoms. The number of halogens is 1. The molecular formula is C26H43ClO6PS+. The van der Waals surface area contributed by atoms with Gasteiger partial charge in [0.05, 0.1) is 6.10 Å². The van der Waals surface area contributed by atoms with Gasteiger partial charge < -0.3 is 4.74 Å². The van der Waals surface area contributed by atoms with Crippen molar-refractivity contribution in [1.29, 1.82) is 0 Å². The Labute approximate surface area is 221 Å². The predicted molar refractivity (Wildman–Crippen MR) is 146 cm³/mol. The van der Waals surface area contributed by atoms with E-state index in [2.05, 4.69) is 42.6 Å². The molecule has 0 aliphatic rings. The lowest BCUT2D eigenvalue weighted by atomic mass is 9.92. The Hall–Kier alpha value is -0.690. The van der Waals surface area contributed by atoms with Crippen molar-refractivity contribution in [3.05, 3.63) is 34.9 Å². The normalized spacial score (nSPS) is 13.4. The van der Waals surface area contributed by atoms with Crippen LogP contribution in [0, 0.1) is 0 Å². The third-order valence-electron chi connectivity index (χ3n) is 5.87. The van der Waals surface area contributed by atoms with E-state index in [0.717, 1.165) is 17.9 Å². The van der Waals surface area contributed by atoms with E-state index in [9.17, 15) is 9.36 Å². The van der Waals surface area contributed by atoms with Gasteiger partial charge in [-0.1, -0.05) is 69.2 Å². The summed E-state index contributed by atoms with van der Waals surface area (Å²) in [4.78, 5) is 14.1. The van der Waals surface area contributed by atoms with Crippen LogP contribution in [0.15, 0.2) is 24.3 Å². The second kappa shape index (κ2) is 21.4. The first-order chi connectivity index (χ1) is 17.0. The molecule has 0 aliphatic carbocycles. The third kappa shape index (κ3) is 16.6. The predicted octanol–water partition coefficient (Wildman–Crippen LogP) is 9.24. The van der Waals surface area contributed by atoms with Crippen LogP contribution >= 0.6 is 31.4 Å². The van der Waals surface area contributed by atoms with Crippen molar-refractivity contribution in [2.24, 2.45) is 0 Å². The molecule has 0 fully saturated rings. The van der Waals surface area contributed by atoms with Gasteiger partial charge in [0, 0.05) is 11.6 Å². The van der Waals surface area contributed by atoms with Gasteiger partial charge in [0.1, 0.15) is 6.61 Å². The number of carbonyl (C=O) groups excluding carboxylic acids is 1. The average Bonchev–Trinajstić information content (AvgIpc) is 2.86. The van der Waals surface area contributed by atoms with Crippen molar-refractivity contribution < 1.29 is 28.8 Å². The number of hydrogen-bond donors (Lipinski definition) is 1. The van der Waals surface area contributed by atoms with E-state index in [1.807, 2.05) is 12.1 Å². The summed E-state index contributed by atoms with van der Waals surface area (Å²) in [5.41, 5.74) is 0.157. The number of carbonyl (C=O) groups is 1. The highest BCUT2D eigenvalue weighted by atomic mass is 35.5. The smallest absolute Gasteiger partial charge is 0.378 e. The van der Waals surface area contributed by atoms with Gasteiger partial charge in [-0.3, -0.25) is 4.89 Å². The van der Waals surface area contributed by atoms with Gasteiger partial charge in [0.2, 0.25) is 0 Å². The molecule has 0 aliphatic heterocycles. The Kier molecular flexibility index (Phi) is 19.8. The lowest BCUT2D eigenvalue weighted by molar-refractivity contribution is -0.168. The molecule has 0 spiro atoms. The van der Waals surface area contributed by atoms with Crippen LogP contribution in [-0.2, 0) is 18.7 Å². The number of rotatable bonds is 22. The summed E-state index contributed by atoms with van der Waals surface area (Å²) in [6.07, 6.45) is 13.0. The molecule has 0 aromatic heterocycles. The third-order valence-corrected chi connectivity index (χ3v) is 8.02. The first-order valence-corrected chi connectivity index (χ1v) is 15.6. The Morgan fingerprint density at radius 2 is 1.66 bits per heavy atom. The zero-order valence-electron chi connectivity index (χ0n) is 21.3. The first-order valence-electron chi connectivity index (χ1n) is 12.9. The van der Waals surface area contributed by atoms with Crippen molar-refractivity contribution in [2.75, 3.05) is 24.7 Å². The molecule has 9 heteroatoms. The summed E-state index contributed by atoms with van der Waals surface area (Å²) >= 11 is 8.12. The maximum Gasteiger partial charge on any atom is 0.639 e. The summed E-state index contributed by atoms with van der Waals surface area (Å²) in [5.74, 6) is 3.13. The molecule has 3 atom stereocenters. The maximum absolute atomic E-state index is 11.1. The van der Waals surface area contributed by atoms with Crippen LogP contribution in [0.3, 0.4) is 0 Å². The molecule has 0 heterocycles. The van der Waals surface area contributed by atoms with Crippen molar-refractivity contribution in [3.8, 4) is 0 Å². The fraction of sp³-hybridized carbons (Fsp3) is 0.731. The molecule has 200 valence electrons. The van der Waals surface area contributed by atoms with Crippen molar-refractivity contribution >= 4 is 37.1 Å². The number of thioether (sulfide) groups is 1. The topological polar surface area (TPSA) is 82.1 Å². The fourth-order valence-corrected chi connectivity index (χ4v) is 5.55. The lowest BCUT2D eigenvalue weighted by Crippen LogP contribution is -2.10. The fourth-order valence-electron chi connectivity index (χ4n) is 3.89. The van der Waals surface area contributed by atoms with Crippen LogP contribution in [0.5, 0.6) is 0 Å². The zero-order valence-corrected chi connectivity index (χ0v) is 23.8. The molecular weight excluding hydrogens is 507 g/mol. The summed E-state index contributed by atoms with van der Waals surface area (Å²) < 4.78 is 21.6. The summed E-state index contributed by atoms with van der Waals surface area (Å²) in [7, 11) is -2.63. The van der Waals surface area contributed by atoms with Gasteiger partial charge in [-0.2, -0.15) is 21.8 Å². The van der Waals surface area contributed by atoms with E-state index in [0.29, 0.717) is 18.9 Å². The van der Waals surface area contributed by atoms with Crippen molar-refractivity contribution in [2.45, 2.75) is 96.5 Å². The average molecular weight is 550 g/mol. The number of hydrogen-bond acceptors (Lipinski definition) is 7. The van der Waals surface area contributed by atoms with Gasteiger partial charge in [-0.25, -0.2) is 0 Å². The molecule has 0 saturated heterocycles. The first kappa shape index (κ1) is 32.3. The molecule has 0 radical (unpaired) electrons. The molecule has 1 N–H and O–H groups in total. The summed E-state index contributed by atoms with van der Waals surface area (Å²) in [5, 5.41) is 8.92. The minimum absolute atomic E-state index is 0.122. The van der Waals surface area contributed by atoms with Gasteiger partial charge in [-0.15, -0.1) is 4.52 Å². The highest BCUT2D eigenvalue weighted by Crippen LogP contribution is 2.28. The van der Waals surface area contributed by atoms with Crippen molar-refractivity contribution in [1.82, 2.24) is 0 Å². The Morgan fingerprint density at radius 1 is 0.971 bits per heavy atom. The van der Waals surface area contributed by atoms with Crippen LogP contribution < -0.4 is 0 Å². The van der Waals surface area contributed by atoms with Crippen LogP contribution in [0.1, 0.15) is 96.0 Å². The molecule has 1 aromatic carbocycles. The van der Waals surface area contributed by atoms with Crippen molar-refractivity contribution in [3.63, 3.8) is 0 Å². The molecule has 35 heavy (non-hydrogen) atoms. The van der Waals surface area contributed by atoms with Crippen LogP contribution in [0.4, 0.5) is 4.79 Å². The van der Waals surface area contributed by atoms with E-state index in [-0.39, 0.29) is 12.7 Å². The highest BCUT2D eigenvalue weighted by molar-refractivity contribution is 7.99. The summed E-state index contributed by atoms with van der Waals surface area (Å²) in [6.45, 7) is 4.92. The van der Waals surface area contributed by atoms with E-state index >= 15 is 0 Å². The zero-order chi connectivity index (χ0) is 25.7. The lowest BCUT2D eigenvalue weighted by Gasteiger charge is -2.16. The SMILES string of the molecule is CCCC(CCSCCCCCCCCC(C)OCCCO[P+](=O)C(=O)OO)c1ccc(Cl)cc1. The molecule has 3 unspecified atom stereocenters.